The summed E-state index contributed by atoms with van der Waals surface area (Å²) in [6, 6.07) is 6.75. The minimum absolute atomic E-state index is 0.108. The fourth-order valence-electron chi connectivity index (χ4n) is 5.18. The molecule has 1 saturated heterocycles. The van der Waals surface area contributed by atoms with E-state index < -0.39 is 11.6 Å². The molecule has 1 unspecified atom stereocenters. The Bertz CT molecular complexity index is 1410. The Kier molecular flexibility index (Phi) is 9.24. The normalized spacial score (nSPS) is 18.5. The number of ether oxygens (including phenoxy) is 1. The van der Waals surface area contributed by atoms with E-state index in [-0.39, 0.29) is 38.4 Å². The lowest BCUT2D eigenvalue weighted by atomic mass is 9.90. The maximum absolute atomic E-state index is 16.4. The van der Waals surface area contributed by atoms with Gasteiger partial charge >= 0.3 is 0 Å². The van der Waals surface area contributed by atoms with Gasteiger partial charge in [0.2, 0.25) is 5.88 Å². The summed E-state index contributed by atoms with van der Waals surface area (Å²) < 4.78 is 36.8. The lowest BCUT2D eigenvalue weighted by molar-refractivity contribution is 0.281. The van der Waals surface area contributed by atoms with Crippen molar-refractivity contribution in [2.45, 2.75) is 63.8 Å². The predicted octanol–water partition coefficient (Wildman–Crippen LogP) is 7.80. The summed E-state index contributed by atoms with van der Waals surface area (Å²) in [4.78, 5) is 7.35. The Labute approximate surface area is 238 Å². The van der Waals surface area contributed by atoms with Crippen LogP contribution in [0.5, 0.6) is 0 Å². The van der Waals surface area contributed by atoms with Crippen LogP contribution < -0.4 is 5.73 Å². The van der Waals surface area contributed by atoms with Crippen LogP contribution in [0.2, 0.25) is 5.02 Å². The number of hydrogen-bond donors (Lipinski definition) is 1. The highest BCUT2D eigenvalue weighted by atomic mass is 35.5. The second-order valence-corrected chi connectivity index (χ2v) is 11.2. The van der Waals surface area contributed by atoms with Crippen LogP contribution in [0.15, 0.2) is 45.7 Å². The largest absolute Gasteiger partial charge is 0.481 e. The van der Waals surface area contributed by atoms with Gasteiger partial charge in [-0.1, -0.05) is 37.4 Å². The van der Waals surface area contributed by atoms with Crippen molar-refractivity contribution >= 4 is 34.8 Å². The molecule has 4 rings (SSSR count). The van der Waals surface area contributed by atoms with Crippen molar-refractivity contribution in [3.8, 4) is 17.2 Å². The summed E-state index contributed by atoms with van der Waals surface area (Å²) in [6.45, 7) is 6.62. The quantitative estimate of drug-likeness (QED) is 0.225. The number of halogens is 3. The molecule has 1 fully saturated rings. The van der Waals surface area contributed by atoms with E-state index in [9.17, 15) is 9.65 Å². The lowest BCUT2D eigenvalue weighted by Gasteiger charge is -2.32. The highest BCUT2D eigenvalue weighted by Gasteiger charge is 2.30. The monoisotopic (exact) mass is 570 g/mol. The average molecular weight is 571 g/mol. The van der Waals surface area contributed by atoms with Gasteiger partial charge in [0.15, 0.2) is 0 Å². The lowest BCUT2D eigenvalue weighted by Crippen LogP contribution is -2.39. The van der Waals surface area contributed by atoms with Crippen molar-refractivity contribution in [1.82, 2.24) is 4.90 Å². The van der Waals surface area contributed by atoms with E-state index in [1.165, 1.54) is 23.9 Å². The number of nitriles is 1. The minimum atomic E-state index is -0.550. The topological polar surface area (TPSA) is 74.6 Å². The van der Waals surface area contributed by atoms with Gasteiger partial charge in [0, 0.05) is 40.7 Å². The molecule has 206 valence electrons. The third-order valence-corrected chi connectivity index (χ3v) is 8.71. The Morgan fingerprint density at radius 3 is 2.77 bits per heavy atom. The number of fused-ring (bicyclic) bond motifs is 1. The van der Waals surface area contributed by atoms with Gasteiger partial charge in [0.05, 0.1) is 22.6 Å². The van der Waals surface area contributed by atoms with Crippen molar-refractivity contribution in [1.29, 1.82) is 5.26 Å². The molecule has 0 aromatic heterocycles. The number of rotatable bonds is 5. The Morgan fingerprint density at radius 1 is 1.31 bits per heavy atom. The smallest absolute Gasteiger partial charge is 0.210 e. The summed E-state index contributed by atoms with van der Waals surface area (Å²) in [6.07, 6.45) is 6.85. The molecule has 0 saturated carbocycles. The number of hydrogen-bond acceptors (Lipinski definition) is 5. The summed E-state index contributed by atoms with van der Waals surface area (Å²) in [5, 5.41) is 9.98. The van der Waals surface area contributed by atoms with Crippen molar-refractivity contribution in [3.05, 3.63) is 69.2 Å². The van der Waals surface area contributed by atoms with Crippen LogP contribution in [0, 0.1) is 29.9 Å². The SMILES string of the molecule is CC/C=C(/N=C(\c1cc(Cl)c(-c2ccc(F)c3c2C(C#N)=C(N)CS3)c(F)c1C)N1CCCCCC1C)OC. The number of amidine groups is 1. The van der Waals surface area contributed by atoms with Crippen LogP contribution in [0.1, 0.15) is 62.6 Å². The third-order valence-electron chi connectivity index (χ3n) is 7.27. The first-order chi connectivity index (χ1) is 18.7. The minimum Gasteiger partial charge on any atom is -0.481 e. The summed E-state index contributed by atoms with van der Waals surface area (Å²) in [5.41, 5.74) is 8.22. The molecule has 5 nitrogen and oxygen atoms in total. The summed E-state index contributed by atoms with van der Waals surface area (Å²) in [7, 11) is 1.57. The fourth-order valence-corrected chi connectivity index (χ4v) is 6.48. The van der Waals surface area contributed by atoms with Crippen LogP contribution in [0.25, 0.3) is 16.7 Å². The molecule has 2 N–H and O–H groups in total. The molecule has 2 aromatic carbocycles. The zero-order chi connectivity index (χ0) is 28.3. The number of benzene rings is 2. The third kappa shape index (κ3) is 5.66. The van der Waals surface area contributed by atoms with E-state index in [2.05, 4.69) is 17.9 Å². The molecule has 1 atom stereocenters. The van der Waals surface area contributed by atoms with Gasteiger partial charge in [0.25, 0.3) is 0 Å². The fraction of sp³-hybridized carbons (Fsp3) is 0.400. The van der Waals surface area contributed by atoms with E-state index in [0.717, 1.165) is 38.6 Å². The molecule has 0 amide bonds. The molecule has 0 radical (unpaired) electrons. The highest BCUT2D eigenvalue weighted by molar-refractivity contribution is 7.99. The van der Waals surface area contributed by atoms with E-state index >= 15 is 4.39 Å². The van der Waals surface area contributed by atoms with Crippen LogP contribution >= 0.6 is 23.4 Å². The number of thioether (sulfide) groups is 1. The number of nitrogens with zero attached hydrogens (tertiary/aromatic N) is 3. The molecular weight excluding hydrogens is 538 g/mol. The Balaban J connectivity index is 1.96. The van der Waals surface area contributed by atoms with E-state index in [1.54, 1.807) is 20.1 Å². The highest BCUT2D eigenvalue weighted by Crippen LogP contribution is 2.46. The van der Waals surface area contributed by atoms with Gasteiger partial charge in [-0.3, -0.25) is 0 Å². The second kappa shape index (κ2) is 12.4. The first-order valence-corrected chi connectivity index (χ1v) is 14.5. The first-order valence-electron chi connectivity index (χ1n) is 13.2. The molecule has 0 aliphatic carbocycles. The van der Waals surface area contributed by atoms with E-state index in [4.69, 9.17) is 27.1 Å². The zero-order valence-corrected chi connectivity index (χ0v) is 24.3. The van der Waals surface area contributed by atoms with Gasteiger partial charge in [-0.25, -0.2) is 8.78 Å². The van der Waals surface area contributed by atoms with E-state index in [1.807, 2.05) is 13.0 Å². The Hall–Kier alpha value is -3.02. The van der Waals surface area contributed by atoms with Crippen molar-refractivity contribution < 1.29 is 13.5 Å². The Morgan fingerprint density at radius 2 is 2.08 bits per heavy atom. The van der Waals surface area contributed by atoms with Crippen molar-refractivity contribution in [3.63, 3.8) is 0 Å². The van der Waals surface area contributed by atoms with Crippen LogP contribution in [-0.4, -0.2) is 36.2 Å². The number of likely N-dealkylation sites (tertiary alicyclic amines) is 1. The average Bonchev–Trinajstić information content (AvgIpc) is 3.14. The molecule has 9 heteroatoms. The predicted molar refractivity (Wildman–Crippen MR) is 156 cm³/mol. The van der Waals surface area contributed by atoms with E-state index in [0.29, 0.717) is 34.1 Å². The van der Waals surface area contributed by atoms with Crippen molar-refractivity contribution in [2.75, 3.05) is 19.4 Å². The molecule has 0 bridgehead atoms. The molecule has 0 spiro atoms. The zero-order valence-electron chi connectivity index (χ0n) is 22.7. The van der Waals surface area contributed by atoms with Crippen LogP contribution in [-0.2, 0) is 4.74 Å². The molecule has 39 heavy (non-hydrogen) atoms. The number of aliphatic imine (C=N–C) groups is 1. The molecule has 2 aromatic rings. The number of nitrogens with two attached hydrogens (primary N) is 1. The van der Waals surface area contributed by atoms with Crippen LogP contribution in [0.3, 0.4) is 0 Å². The van der Waals surface area contributed by atoms with Gasteiger partial charge in [-0.15, -0.1) is 11.8 Å². The van der Waals surface area contributed by atoms with Gasteiger partial charge in [0.1, 0.15) is 23.5 Å². The van der Waals surface area contributed by atoms with Gasteiger partial charge in [-0.05, 0) is 62.4 Å². The molecule has 2 heterocycles. The maximum Gasteiger partial charge on any atom is 0.210 e. The standard InChI is InChI=1S/C30H33ClF2N4OS/c1-5-9-25(38-4)36-30(37-13-8-6-7-10-17(37)2)20-14-22(31)27(28(33)18(20)3)19-11-12-23(32)29-26(19)21(15-34)24(35)16-39-29/h9,11-12,14,17H,5-8,10,13,16,35H2,1-4H3/b25-9-,36-30+. The molecule has 2 aliphatic heterocycles. The molecular formula is C30H33ClF2N4OS. The number of methoxy groups -OCH3 is 1. The first kappa shape index (κ1) is 29.0. The molecule has 2 aliphatic rings. The van der Waals surface area contributed by atoms with Crippen LogP contribution in [0.4, 0.5) is 8.78 Å². The van der Waals surface area contributed by atoms with Crippen molar-refractivity contribution in [2.24, 2.45) is 10.7 Å². The van der Waals surface area contributed by atoms with Gasteiger partial charge < -0.3 is 15.4 Å². The second-order valence-electron chi connectivity index (χ2n) is 9.80. The van der Waals surface area contributed by atoms with Gasteiger partial charge in [-0.2, -0.15) is 10.3 Å². The number of allylic oxidation sites excluding steroid dienone is 2. The summed E-state index contributed by atoms with van der Waals surface area (Å²) in [5.74, 6) is 0.308. The summed E-state index contributed by atoms with van der Waals surface area (Å²) >= 11 is 8.03. The maximum atomic E-state index is 16.4.